The van der Waals surface area contributed by atoms with Crippen molar-refractivity contribution < 1.29 is 10.9 Å². The summed E-state index contributed by atoms with van der Waals surface area (Å²) < 4.78 is 11.4. The van der Waals surface area contributed by atoms with Crippen LogP contribution < -0.4 is 5.32 Å². The number of anilines is 1. The van der Waals surface area contributed by atoms with Crippen molar-refractivity contribution in [2.45, 2.75) is 0 Å². The number of pyridine rings is 1. The largest absolute Gasteiger partial charge is 0.453 e. The van der Waals surface area contributed by atoms with E-state index < -0.39 is 6.09 Å². The van der Waals surface area contributed by atoms with Crippen LogP contribution in [0.2, 0.25) is 0 Å². The molecule has 1 amide bonds. The van der Waals surface area contributed by atoms with Gasteiger partial charge >= 0.3 is 6.09 Å². The molecule has 58 valence electrons. The molecule has 0 aromatic carbocycles. The molecule has 0 saturated heterocycles. The summed E-state index contributed by atoms with van der Waals surface area (Å²) in [5.74, 6) is 0. The quantitative estimate of drug-likeness (QED) is 0.660. The second kappa shape index (κ2) is 3.55. The van der Waals surface area contributed by atoms with Gasteiger partial charge in [0, 0.05) is 6.17 Å². The van der Waals surface area contributed by atoms with Crippen molar-refractivity contribution in [3.05, 3.63) is 24.5 Å². The Labute approximate surface area is 65.6 Å². The maximum absolute atomic E-state index is 10.7. The summed E-state index contributed by atoms with van der Waals surface area (Å²) in [5, 5.41) is 2.41. The number of nitrogens with zero attached hydrogens (tertiary/aromatic N) is 1. The van der Waals surface area contributed by atoms with E-state index in [-0.39, 0.29) is 6.17 Å². The predicted molar refractivity (Wildman–Crippen MR) is 40.3 cm³/mol. The standard InChI is InChI=1S/C7H8N2O2/c1-11-7(10)9-6-3-2-4-8-5-6/h2-5H,1H3,(H,9,10)/i4D. The lowest BCUT2D eigenvalue weighted by Crippen LogP contribution is -2.10. The third-order valence-corrected chi connectivity index (χ3v) is 1.05. The molecule has 0 radical (unpaired) electrons. The number of carbonyl (C=O) groups excluding carboxylic acids is 1. The van der Waals surface area contributed by atoms with Crippen LogP contribution in [0.3, 0.4) is 0 Å². The first-order valence-electron chi connectivity index (χ1n) is 3.50. The summed E-state index contributed by atoms with van der Waals surface area (Å²) in [6.07, 6.45) is 0.999. The fourth-order valence-electron chi connectivity index (χ4n) is 0.563. The van der Waals surface area contributed by atoms with Crippen molar-refractivity contribution in [2.24, 2.45) is 0 Å². The first-order chi connectivity index (χ1) is 5.72. The molecule has 4 nitrogen and oxygen atoms in total. The number of hydrogen-bond acceptors (Lipinski definition) is 3. The van der Waals surface area contributed by atoms with Gasteiger partial charge in [-0.25, -0.2) is 4.79 Å². The van der Waals surface area contributed by atoms with Crippen molar-refractivity contribution >= 4 is 11.8 Å². The van der Waals surface area contributed by atoms with Crippen molar-refractivity contribution in [3.8, 4) is 0 Å². The van der Waals surface area contributed by atoms with E-state index in [9.17, 15) is 4.79 Å². The van der Waals surface area contributed by atoms with Crippen LogP contribution in [-0.2, 0) is 4.74 Å². The van der Waals surface area contributed by atoms with E-state index in [0.717, 1.165) is 0 Å². The number of ether oxygens (including phenoxy) is 1. The summed E-state index contributed by atoms with van der Waals surface area (Å²) in [6.45, 7) is 0. The van der Waals surface area contributed by atoms with Gasteiger partial charge in [0.2, 0.25) is 0 Å². The molecule has 1 heterocycles. The molecule has 0 aliphatic rings. The SMILES string of the molecule is [2H]c1ccc(NC(=O)OC)cn1. The summed E-state index contributed by atoms with van der Waals surface area (Å²) in [4.78, 5) is 14.3. The molecule has 1 rings (SSSR count). The maximum Gasteiger partial charge on any atom is 0.411 e. The Hall–Kier alpha value is -1.58. The van der Waals surface area contributed by atoms with Gasteiger partial charge < -0.3 is 4.74 Å². The molecule has 0 unspecified atom stereocenters. The van der Waals surface area contributed by atoms with E-state index in [1.165, 1.54) is 19.4 Å². The Bertz CT molecular complexity index is 273. The third-order valence-electron chi connectivity index (χ3n) is 1.05. The molecule has 0 saturated carbocycles. The van der Waals surface area contributed by atoms with E-state index in [0.29, 0.717) is 5.69 Å². The summed E-state index contributed by atoms with van der Waals surface area (Å²) in [5.41, 5.74) is 0.512. The number of aromatic nitrogens is 1. The number of carbonyl (C=O) groups is 1. The Morgan fingerprint density at radius 1 is 1.91 bits per heavy atom. The average molecular weight is 153 g/mol. The van der Waals surface area contributed by atoms with Gasteiger partial charge in [0.25, 0.3) is 0 Å². The summed E-state index contributed by atoms with van der Waals surface area (Å²) >= 11 is 0. The molecule has 0 atom stereocenters. The van der Waals surface area contributed by atoms with Crippen LogP contribution in [-0.4, -0.2) is 18.2 Å². The molecular formula is C7H8N2O2. The topological polar surface area (TPSA) is 51.2 Å². The molecular weight excluding hydrogens is 144 g/mol. The minimum atomic E-state index is -0.547. The highest BCUT2D eigenvalue weighted by Crippen LogP contribution is 2.01. The minimum absolute atomic E-state index is 0.158. The van der Waals surface area contributed by atoms with Crippen LogP contribution in [0.15, 0.2) is 24.5 Å². The number of rotatable bonds is 1. The highest BCUT2D eigenvalue weighted by Gasteiger charge is 1.97. The molecule has 1 aromatic heterocycles. The zero-order chi connectivity index (χ0) is 8.97. The monoisotopic (exact) mass is 153 g/mol. The van der Waals surface area contributed by atoms with E-state index in [4.69, 9.17) is 1.37 Å². The molecule has 0 aliphatic carbocycles. The second-order valence-corrected chi connectivity index (χ2v) is 1.79. The van der Waals surface area contributed by atoms with Crippen LogP contribution in [0.5, 0.6) is 0 Å². The Morgan fingerprint density at radius 2 is 2.73 bits per heavy atom. The molecule has 11 heavy (non-hydrogen) atoms. The highest BCUT2D eigenvalue weighted by atomic mass is 16.5. The molecule has 1 N–H and O–H groups in total. The molecule has 0 spiro atoms. The van der Waals surface area contributed by atoms with Crippen LogP contribution in [0.4, 0.5) is 10.5 Å². The first-order valence-corrected chi connectivity index (χ1v) is 3.00. The van der Waals surface area contributed by atoms with Crippen LogP contribution in [0, 0.1) is 0 Å². The van der Waals surface area contributed by atoms with Crippen molar-refractivity contribution in [1.29, 1.82) is 0 Å². The van der Waals surface area contributed by atoms with Gasteiger partial charge in [0.05, 0.1) is 20.4 Å². The lowest BCUT2D eigenvalue weighted by molar-refractivity contribution is 0.187. The van der Waals surface area contributed by atoms with Gasteiger partial charge in [0.1, 0.15) is 0 Å². The van der Waals surface area contributed by atoms with E-state index >= 15 is 0 Å². The number of hydrogen-bond donors (Lipinski definition) is 1. The van der Waals surface area contributed by atoms with Crippen LogP contribution >= 0.6 is 0 Å². The van der Waals surface area contributed by atoms with Crippen molar-refractivity contribution in [1.82, 2.24) is 4.98 Å². The van der Waals surface area contributed by atoms with Gasteiger partial charge in [-0.2, -0.15) is 0 Å². The zero-order valence-corrected chi connectivity index (χ0v) is 6.00. The van der Waals surface area contributed by atoms with Crippen LogP contribution in [0.25, 0.3) is 0 Å². The van der Waals surface area contributed by atoms with Gasteiger partial charge in [-0.3, -0.25) is 10.3 Å². The minimum Gasteiger partial charge on any atom is -0.453 e. The Balaban J connectivity index is 2.64. The lowest BCUT2D eigenvalue weighted by Gasteiger charge is -2.00. The van der Waals surface area contributed by atoms with Crippen molar-refractivity contribution in [2.75, 3.05) is 12.4 Å². The molecule has 0 aliphatic heterocycles. The number of methoxy groups -OCH3 is 1. The van der Waals surface area contributed by atoms with Gasteiger partial charge in [-0.15, -0.1) is 0 Å². The van der Waals surface area contributed by atoms with Gasteiger partial charge in [-0.05, 0) is 12.1 Å². The number of nitrogens with one attached hydrogen (secondary N) is 1. The van der Waals surface area contributed by atoms with Crippen LogP contribution in [0.1, 0.15) is 1.37 Å². The third kappa shape index (κ3) is 2.25. The first kappa shape index (κ1) is 6.15. The van der Waals surface area contributed by atoms with Crippen molar-refractivity contribution in [3.63, 3.8) is 0 Å². The normalized spacial score (nSPS) is 10.1. The molecule has 0 bridgehead atoms. The maximum atomic E-state index is 10.7. The highest BCUT2D eigenvalue weighted by molar-refractivity contribution is 5.83. The zero-order valence-electron chi connectivity index (χ0n) is 7.00. The predicted octanol–water partition coefficient (Wildman–Crippen LogP) is 1.26. The fraction of sp³-hybridized carbons (Fsp3) is 0.143. The van der Waals surface area contributed by atoms with E-state index in [1.54, 1.807) is 6.07 Å². The molecule has 1 aromatic rings. The Morgan fingerprint density at radius 3 is 3.27 bits per heavy atom. The number of amides is 1. The summed E-state index contributed by atoms with van der Waals surface area (Å²) in [6, 6.07) is 3.05. The van der Waals surface area contributed by atoms with E-state index in [2.05, 4.69) is 15.0 Å². The van der Waals surface area contributed by atoms with E-state index in [1.807, 2.05) is 0 Å². The lowest BCUT2D eigenvalue weighted by atomic mass is 10.4. The molecule has 0 fully saturated rings. The summed E-state index contributed by atoms with van der Waals surface area (Å²) in [7, 11) is 1.28. The van der Waals surface area contributed by atoms with Gasteiger partial charge in [-0.1, -0.05) is 0 Å². The fourth-order valence-corrected chi connectivity index (χ4v) is 0.563. The van der Waals surface area contributed by atoms with Gasteiger partial charge in [0.15, 0.2) is 0 Å². The molecule has 4 heteroatoms. The smallest absolute Gasteiger partial charge is 0.411 e. The second-order valence-electron chi connectivity index (χ2n) is 1.79. The Kier molecular flexibility index (Phi) is 1.99. The average Bonchev–Trinajstić information content (AvgIpc) is 2.09.